The zero-order valence-electron chi connectivity index (χ0n) is 12.2. The van der Waals surface area contributed by atoms with Crippen LogP contribution in [0.5, 0.6) is 0 Å². The van der Waals surface area contributed by atoms with E-state index in [0.29, 0.717) is 6.42 Å². The Morgan fingerprint density at radius 2 is 2.13 bits per heavy atom. The standard InChI is InChI=1S/C14H15ClFNO5S/c1-8(13(18)17-10-4-5-23(20,21)7-10)22-14(19)11-3-2-9(15)6-12(11)16/h2-3,6,8,10H,4-5,7H2,1H3,(H,17,18)/t8-,10-/m0/s1. The van der Waals surface area contributed by atoms with Gasteiger partial charge in [0.25, 0.3) is 5.91 Å². The summed E-state index contributed by atoms with van der Waals surface area (Å²) in [6.45, 7) is 1.32. The summed E-state index contributed by atoms with van der Waals surface area (Å²) < 4.78 is 41.2. The van der Waals surface area contributed by atoms with Crippen molar-refractivity contribution in [2.45, 2.75) is 25.5 Å². The molecule has 1 N–H and O–H groups in total. The maximum Gasteiger partial charge on any atom is 0.341 e. The van der Waals surface area contributed by atoms with Gasteiger partial charge in [0.1, 0.15) is 5.82 Å². The third-order valence-corrected chi connectivity index (χ3v) is 5.39. The van der Waals surface area contributed by atoms with Gasteiger partial charge in [-0.1, -0.05) is 11.6 Å². The fraction of sp³-hybridized carbons (Fsp3) is 0.429. The van der Waals surface area contributed by atoms with E-state index in [4.69, 9.17) is 16.3 Å². The molecule has 1 heterocycles. The molecule has 1 aliphatic heterocycles. The number of nitrogens with one attached hydrogen (secondary N) is 1. The van der Waals surface area contributed by atoms with Gasteiger partial charge in [-0.05, 0) is 31.5 Å². The number of amides is 1. The van der Waals surface area contributed by atoms with Gasteiger partial charge < -0.3 is 10.1 Å². The molecule has 1 amide bonds. The molecule has 0 unspecified atom stereocenters. The van der Waals surface area contributed by atoms with Crippen LogP contribution in [0.4, 0.5) is 4.39 Å². The summed E-state index contributed by atoms with van der Waals surface area (Å²) in [6.07, 6.45) is -0.860. The predicted molar refractivity (Wildman–Crippen MR) is 81.5 cm³/mol. The SMILES string of the molecule is C[C@H](OC(=O)c1ccc(Cl)cc1F)C(=O)N[C@H]1CCS(=O)(=O)C1. The third kappa shape index (κ3) is 4.65. The number of rotatable bonds is 4. The van der Waals surface area contributed by atoms with Crippen molar-refractivity contribution in [2.24, 2.45) is 0 Å². The highest BCUT2D eigenvalue weighted by atomic mass is 35.5. The Labute approximate surface area is 137 Å². The molecule has 0 spiro atoms. The summed E-state index contributed by atoms with van der Waals surface area (Å²) >= 11 is 5.59. The van der Waals surface area contributed by atoms with Crippen LogP contribution < -0.4 is 5.32 Å². The third-order valence-electron chi connectivity index (χ3n) is 3.38. The lowest BCUT2D eigenvalue weighted by Gasteiger charge is -2.16. The van der Waals surface area contributed by atoms with Crippen molar-refractivity contribution in [2.75, 3.05) is 11.5 Å². The van der Waals surface area contributed by atoms with E-state index in [1.807, 2.05) is 0 Å². The van der Waals surface area contributed by atoms with Gasteiger partial charge in [-0.2, -0.15) is 0 Å². The minimum Gasteiger partial charge on any atom is -0.449 e. The highest BCUT2D eigenvalue weighted by Gasteiger charge is 2.31. The first-order valence-corrected chi connectivity index (χ1v) is 9.05. The van der Waals surface area contributed by atoms with Gasteiger partial charge in [-0.25, -0.2) is 17.6 Å². The van der Waals surface area contributed by atoms with Crippen LogP contribution in [0.3, 0.4) is 0 Å². The van der Waals surface area contributed by atoms with Crippen molar-refractivity contribution in [3.8, 4) is 0 Å². The van der Waals surface area contributed by atoms with Crippen molar-refractivity contribution in [1.29, 1.82) is 0 Å². The first-order valence-electron chi connectivity index (χ1n) is 6.85. The number of halogens is 2. The Bertz CT molecular complexity index is 737. The van der Waals surface area contributed by atoms with E-state index in [2.05, 4.69) is 5.32 Å². The molecule has 126 valence electrons. The molecule has 1 aromatic carbocycles. The lowest BCUT2D eigenvalue weighted by molar-refractivity contribution is -0.129. The monoisotopic (exact) mass is 363 g/mol. The van der Waals surface area contributed by atoms with Crippen LogP contribution >= 0.6 is 11.6 Å². The Morgan fingerprint density at radius 3 is 2.70 bits per heavy atom. The molecule has 0 aliphatic carbocycles. The Kier molecular flexibility index (Phi) is 5.26. The Balaban J connectivity index is 1.94. The minimum atomic E-state index is -3.13. The van der Waals surface area contributed by atoms with Gasteiger partial charge in [0, 0.05) is 11.1 Å². The summed E-state index contributed by atoms with van der Waals surface area (Å²) in [7, 11) is -3.13. The van der Waals surface area contributed by atoms with Crippen LogP contribution in [0.2, 0.25) is 5.02 Å². The topological polar surface area (TPSA) is 89.5 Å². The van der Waals surface area contributed by atoms with Crippen LogP contribution in [-0.2, 0) is 19.4 Å². The molecule has 0 bridgehead atoms. The van der Waals surface area contributed by atoms with Crippen molar-refractivity contribution in [1.82, 2.24) is 5.32 Å². The zero-order chi connectivity index (χ0) is 17.2. The maximum absolute atomic E-state index is 13.6. The summed E-state index contributed by atoms with van der Waals surface area (Å²) in [5.74, 6) is -2.60. The average Bonchev–Trinajstić information content (AvgIpc) is 2.77. The van der Waals surface area contributed by atoms with Gasteiger partial charge in [0.2, 0.25) is 0 Å². The van der Waals surface area contributed by atoms with Gasteiger partial charge in [-0.3, -0.25) is 4.79 Å². The second kappa shape index (κ2) is 6.84. The van der Waals surface area contributed by atoms with Crippen LogP contribution in [0.15, 0.2) is 18.2 Å². The Morgan fingerprint density at radius 1 is 1.43 bits per heavy atom. The molecule has 2 rings (SSSR count). The molecule has 1 aromatic rings. The molecule has 23 heavy (non-hydrogen) atoms. The number of hydrogen-bond donors (Lipinski definition) is 1. The number of esters is 1. The molecule has 1 saturated heterocycles. The van der Waals surface area contributed by atoms with Gasteiger partial charge >= 0.3 is 5.97 Å². The molecular weight excluding hydrogens is 349 g/mol. The summed E-state index contributed by atoms with van der Waals surface area (Å²) in [5.41, 5.74) is -0.336. The van der Waals surface area contributed by atoms with Gasteiger partial charge in [0.05, 0.1) is 17.1 Å². The summed E-state index contributed by atoms with van der Waals surface area (Å²) in [5, 5.41) is 2.64. The average molecular weight is 364 g/mol. The number of benzene rings is 1. The van der Waals surface area contributed by atoms with E-state index < -0.39 is 39.7 Å². The first kappa shape index (κ1) is 17.7. The molecule has 1 aliphatic rings. The smallest absolute Gasteiger partial charge is 0.341 e. The summed E-state index contributed by atoms with van der Waals surface area (Å²) in [6, 6.07) is 2.96. The second-order valence-corrected chi connectivity index (χ2v) is 7.95. The number of carbonyl (C=O) groups is 2. The molecule has 0 aromatic heterocycles. The van der Waals surface area contributed by atoms with Gasteiger partial charge in [-0.15, -0.1) is 0 Å². The molecule has 0 radical (unpaired) electrons. The summed E-state index contributed by atoms with van der Waals surface area (Å²) in [4.78, 5) is 23.8. The lowest BCUT2D eigenvalue weighted by atomic mass is 10.2. The zero-order valence-corrected chi connectivity index (χ0v) is 13.8. The highest BCUT2D eigenvalue weighted by Crippen LogP contribution is 2.16. The quantitative estimate of drug-likeness (QED) is 0.815. The number of carbonyl (C=O) groups excluding carboxylic acids is 2. The van der Waals surface area contributed by atoms with Crippen molar-refractivity contribution < 1.29 is 27.1 Å². The minimum absolute atomic E-state index is 0.0160. The second-order valence-electron chi connectivity index (χ2n) is 5.28. The van der Waals surface area contributed by atoms with Crippen LogP contribution in [0.1, 0.15) is 23.7 Å². The maximum atomic E-state index is 13.6. The highest BCUT2D eigenvalue weighted by molar-refractivity contribution is 7.91. The van der Waals surface area contributed by atoms with Crippen LogP contribution in [-0.4, -0.2) is 43.9 Å². The van der Waals surface area contributed by atoms with E-state index in [1.165, 1.54) is 13.0 Å². The van der Waals surface area contributed by atoms with Gasteiger partial charge in [0.15, 0.2) is 15.9 Å². The van der Waals surface area contributed by atoms with E-state index in [-0.39, 0.29) is 22.1 Å². The molecule has 0 saturated carbocycles. The largest absolute Gasteiger partial charge is 0.449 e. The first-order chi connectivity index (χ1) is 10.7. The molecular formula is C14H15ClFNO5S. The van der Waals surface area contributed by atoms with Crippen molar-refractivity contribution in [3.05, 3.63) is 34.6 Å². The van der Waals surface area contributed by atoms with Crippen LogP contribution in [0, 0.1) is 5.82 Å². The predicted octanol–water partition coefficient (Wildman–Crippen LogP) is 1.33. The van der Waals surface area contributed by atoms with E-state index in [1.54, 1.807) is 0 Å². The molecule has 6 nitrogen and oxygen atoms in total. The normalized spacial score (nSPS) is 20.7. The lowest BCUT2D eigenvalue weighted by Crippen LogP contribution is -2.42. The van der Waals surface area contributed by atoms with Crippen molar-refractivity contribution >= 4 is 33.3 Å². The fourth-order valence-electron chi connectivity index (χ4n) is 2.16. The van der Waals surface area contributed by atoms with E-state index in [9.17, 15) is 22.4 Å². The van der Waals surface area contributed by atoms with Crippen molar-refractivity contribution in [3.63, 3.8) is 0 Å². The van der Waals surface area contributed by atoms with E-state index in [0.717, 1.165) is 12.1 Å². The number of hydrogen-bond acceptors (Lipinski definition) is 5. The molecule has 2 atom stereocenters. The molecule has 9 heteroatoms. The van der Waals surface area contributed by atoms with Crippen LogP contribution in [0.25, 0.3) is 0 Å². The fourth-order valence-corrected chi connectivity index (χ4v) is 3.99. The Hall–Kier alpha value is -1.67. The molecule has 1 fully saturated rings. The number of ether oxygens (including phenoxy) is 1. The number of sulfone groups is 1. The van der Waals surface area contributed by atoms with E-state index >= 15 is 0 Å².